The van der Waals surface area contributed by atoms with Gasteiger partial charge in [-0.1, -0.05) is 51.0 Å². The first-order valence-corrected chi connectivity index (χ1v) is 7.91. The van der Waals surface area contributed by atoms with Crippen molar-refractivity contribution in [3.8, 4) is 11.5 Å². The third-order valence-corrected chi connectivity index (χ3v) is 3.58. The lowest BCUT2D eigenvalue weighted by Crippen LogP contribution is -2.18. The van der Waals surface area contributed by atoms with Crippen LogP contribution in [0.25, 0.3) is 0 Å². The van der Waals surface area contributed by atoms with Gasteiger partial charge >= 0.3 is 0 Å². The quantitative estimate of drug-likeness (QED) is 0.655. The molecule has 0 fully saturated rings. The Bertz CT molecular complexity index is 524. The molecule has 0 spiro atoms. The highest BCUT2D eigenvalue weighted by atomic mass is 16.5. The molecule has 1 N–H and O–H groups in total. The summed E-state index contributed by atoms with van der Waals surface area (Å²) in [6, 6.07) is 18.6. The summed E-state index contributed by atoms with van der Waals surface area (Å²) < 4.78 is 5.88. The van der Waals surface area contributed by atoms with Crippen LogP contribution < -0.4 is 10.1 Å². The molecule has 0 bridgehead atoms. The standard InChI is InChI=1S/C19H25NO/c1-3-5-10-16(4-2)20-17-11-9-14-19(15-17)21-18-12-7-6-8-13-18/h6-9,11-16,20H,3-5,10H2,1-2H3. The normalized spacial score (nSPS) is 11.9. The summed E-state index contributed by atoms with van der Waals surface area (Å²) in [6.45, 7) is 4.47. The maximum Gasteiger partial charge on any atom is 0.129 e. The van der Waals surface area contributed by atoms with Gasteiger partial charge in [-0.3, -0.25) is 0 Å². The number of benzene rings is 2. The number of hydrogen-bond acceptors (Lipinski definition) is 2. The first-order chi connectivity index (χ1) is 10.3. The second-order valence-electron chi connectivity index (χ2n) is 5.33. The van der Waals surface area contributed by atoms with Crippen LogP contribution >= 0.6 is 0 Å². The van der Waals surface area contributed by atoms with Gasteiger partial charge in [0.1, 0.15) is 11.5 Å². The Hall–Kier alpha value is -1.96. The molecule has 0 amide bonds. The third-order valence-electron chi connectivity index (χ3n) is 3.58. The molecule has 0 aromatic heterocycles. The van der Waals surface area contributed by atoms with Gasteiger partial charge in [-0.25, -0.2) is 0 Å². The number of rotatable bonds is 8. The van der Waals surface area contributed by atoms with Gasteiger partial charge in [0.15, 0.2) is 0 Å². The number of nitrogens with one attached hydrogen (secondary N) is 1. The fraction of sp³-hybridized carbons (Fsp3) is 0.368. The molecule has 21 heavy (non-hydrogen) atoms. The number of hydrogen-bond donors (Lipinski definition) is 1. The molecule has 2 aromatic rings. The van der Waals surface area contributed by atoms with E-state index in [1.165, 1.54) is 19.3 Å². The zero-order valence-corrected chi connectivity index (χ0v) is 13.0. The Balaban J connectivity index is 2.00. The van der Waals surface area contributed by atoms with E-state index in [1.54, 1.807) is 0 Å². The van der Waals surface area contributed by atoms with Gasteiger partial charge in [0.25, 0.3) is 0 Å². The van der Waals surface area contributed by atoms with Crippen molar-refractivity contribution in [2.75, 3.05) is 5.32 Å². The molecular formula is C19H25NO. The highest BCUT2D eigenvalue weighted by Crippen LogP contribution is 2.24. The summed E-state index contributed by atoms with van der Waals surface area (Å²) >= 11 is 0. The van der Waals surface area contributed by atoms with Crippen LogP contribution in [0.4, 0.5) is 5.69 Å². The van der Waals surface area contributed by atoms with Crippen molar-refractivity contribution < 1.29 is 4.74 Å². The van der Waals surface area contributed by atoms with Crippen molar-refractivity contribution in [1.82, 2.24) is 0 Å². The predicted octanol–water partition coefficient (Wildman–Crippen LogP) is 5.86. The van der Waals surface area contributed by atoms with E-state index in [9.17, 15) is 0 Å². The van der Waals surface area contributed by atoms with E-state index in [0.717, 1.165) is 23.6 Å². The molecule has 112 valence electrons. The largest absolute Gasteiger partial charge is 0.457 e. The Morgan fingerprint density at radius 1 is 0.952 bits per heavy atom. The van der Waals surface area contributed by atoms with Crippen LogP contribution in [-0.2, 0) is 0 Å². The number of ether oxygens (including phenoxy) is 1. The van der Waals surface area contributed by atoms with E-state index in [0.29, 0.717) is 6.04 Å². The molecule has 0 heterocycles. The SMILES string of the molecule is CCCCC(CC)Nc1cccc(Oc2ccccc2)c1. The highest BCUT2D eigenvalue weighted by molar-refractivity contribution is 5.49. The van der Waals surface area contributed by atoms with Crippen molar-refractivity contribution in [3.05, 3.63) is 54.6 Å². The van der Waals surface area contributed by atoms with Crippen molar-refractivity contribution in [1.29, 1.82) is 0 Å². The molecule has 0 aliphatic carbocycles. The van der Waals surface area contributed by atoms with Crippen LogP contribution in [0.15, 0.2) is 54.6 Å². The minimum absolute atomic E-state index is 0.539. The molecule has 1 unspecified atom stereocenters. The fourth-order valence-corrected chi connectivity index (χ4v) is 2.34. The molecule has 1 atom stereocenters. The summed E-state index contributed by atoms with van der Waals surface area (Å²) in [7, 11) is 0. The van der Waals surface area contributed by atoms with Gasteiger partial charge in [-0.15, -0.1) is 0 Å². The van der Waals surface area contributed by atoms with Crippen molar-refractivity contribution in [3.63, 3.8) is 0 Å². The maximum atomic E-state index is 5.88. The lowest BCUT2D eigenvalue weighted by Gasteiger charge is -2.18. The van der Waals surface area contributed by atoms with Gasteiger partial charge in [0, 0.05) is 17.8 Å². The summed E-state index contributed by atoms with van der Waals surface area (Å²) in [5.41, 5.74) is 1.13. The molecule has 2 heteroatoms. The topological polar surface area (TPSA) is 21.3 Å². The van der Waals surface area contributed by atoms with Gasteiger partial charge in [-0.05, 0) is 37.1 Å². The molecule has 0 radical (unpaired) electrons. The fourth-order valence-electron chi connectivity index (χ4n) is 2.34. The lowest BCUT2D eigenvalue weighted by molar-refractivity contribution is 0.482. The summed E-state index contributed by atoms with van der Waals surface area (Å²) in [6.07, 6.45) is 4.88. The molecule has 2 rings (SSSR count). The minimum Gasteiger partial charge on any atom is -0.457 e. The van der Waals surface area contributed by atoms with Gasteiger partial charge in [0.05, 0.1) is 0 Å². The lowest BCUT2D eigenvalue weighted by atomic mass is 10.1. The Morgan fingerprint density at radius 2 is 1.71 bits per heavy atom. The number of anilines is 1. The predicted molar refractivity (Wildman–Crippen MR) is 90.2 cm³/mol. The minimum atomic E-state index is 0.539. The van der Waals surface area contributed by atoms with E-state index < -0.39 is 0 Å². The summed E-state index contributed by atoms with van der Waals surface area (Å²) in [4.78, 5) is 0. The first-order valence-electron chi connectivity index (χ1n) is 7.91. The van der Waals surface area contributed by atoms with E-state index in [2.05, 4.69) is 31.3 Å². The van der Waals surface area contributed by atoms with E-state index in [1.807, 2.05) is 42.5 Å². The second kappa shape index (κ2) is 8.35. The molecule has 0 saturated heterocycles. The van der Waals surface area contributed by atoms with Gasteiger partial charge in [-0.2, -0.15) is 0 Å². The van der Waals surface area contributed by atoms with Crippen molar-refractivity contribution in [2.24, 2.45) is 0 Å². The third kappa shape index (κ3) is 5.14. The maximum absolute atomic E-state index is 5.88. The van der Waals surface area contributed by atoms with Gasteiger partial charge in [0.2, 0.25) is 0 Å². The highest BCUT2D eigenvalue weighted by Gasteiger charge is 2.06. The average molecular weight is 283 g/mol. The van der Waals surface area contributed by atoms with E-state index >= 15 is 0 Å². The zero-order chi connectivity index (χ0) is 14.9. The number of unbranched alkanes of at least 4 members (excludes halogenated alkanes) is 1. The molecule has 2 aromatic carbocycles. The zero-order valence-electron chi connectivity index (χ0n) is 13.0. The Morgan fingerprint density at radius 3 is 2.43 bits per heavy atom. The molecule has 2 nitrogen and oxygen atoms in total. The van der Waals surface area contributed by atoms with Crippen molar-refractivity contribution in [2.45, 2.75) is 45.6 Å². The van der Waals surface area contributed by atoms with E-state index in [4.69, 9.17) is 4.74 Å². The molecule has 0 aliphatic rings. The van der Waals surface area contributed by atoms with Crippen LogP contribution in [0.3, 0.4) is 0 Å². The van der Waals surface area contributed by atoms with Gasteiger partial charge < -0.3 is 10.1 Å². The smallest absolute Gasteiger partial charge is 0.129 e. The molecular weight excluding hydrogens is 258 g/mol. The second-order valence-corrected chi connectivity index (χ2v) is 5.33. The Kier molecular flexibility index (Phi) is 6.14. The van der Waals surface area contributed by atoms with Crippen LogP contribution in [-0.4, -0.2) is 6.04 Å². The summed E-state index contributed by atoms with van der Waals surface area (Å²) in [5.74, 6) is 1.74. The molecule has 0 saturated carbocycles. The van der Waals surface area contributed by atoms with Crippen LogP contribution in [0, 0.1) is 0 Å². The van der Waals surface area contributed by atoms with Crippen LogP contribution in [0.2, 0.25) is 0 Å². The summed E-state index contributed by atoms with van der Waals surface area (Å²) in [5, 5.41) is 3.61. The monoisotopic (exact) mass is 283 g/mol. The van der Waals surface area contributed by atoms with E-state index in [-0.39, 0.29) is 0 Å². The van der Waals surface area contributed by atoms with Crippen molar-refractivity contribution >= 4 is 5.69 Å². The van der Waals surface area contributed by atoms with Crippen LogP contribution in [0.1, 0.15) is 39.5 Å². The molecule has 0 aliphatic heterocycles. The first kappa shape index (κ1) is 15.4. The Labute approximate surface area is 128 Å². The van der Waals surface area contributed by atoms with Crippen LogP contribution in [0.5, 0.6) is 11.5 Å². The average Bonchev–Trinajstić information content (AvgIpc) is 2.53. The number of para-hydroxylation sites is 1.